The van der Waals surface area contributed by atoms with Crippen molar-refractivity contribution in [3.8, 4) is 5.69 Å². The Bertz CT molecular complexity index is 1320. The number of benzene rings is 3. The number of para-hydroxylation sites is 1. The van der Waals surface area contributed by atoms with E-state index in [0.717, 1.165) is 16.9 Å². The minimum Gasteiger partial charge on any atom is -0.378 e. The van der Waals surface area contributed by atoms with Crippen LogP contribution in [0.4, 0.5) is 17.1 Å². The number of carbonyl (C=O) groups is 1. The molecule has 1 amide bonds. The Morgan fingerprint density at radius 3 is 2.46 bits per heavy atom. The lowest BCUT2D eigenvalue weighted by Crippen LogP contribution is -2.23. The largest absolute Gasteiger partial charge is 0.378 e. The number of nitrogens with zero attached hydrogens (tertiary/aromatic N) is 4. The zero-order valence-corrected chi connectivity index (χ0v) is 20.0. The summed E-state index contributed by atoms with van der Waals surface area (Å²) in [5.41, 5.74) is 3.49. The second-order valence-electron chi connectivity index (χ2n) is 7.85. The van der Waals surface area contributed by atoms with Crippen LogP contribution in [0.1, 0.15) is 18.3 Å². The molecule has 4 rings (SSSR count). The highest BCUT2D eigenvalue weighted by Gasteiger charge is 2.21. The molecule has 1 aromatic heterocycles. The van der Waals surface area contributed by atoms with E-state index in [2.05, 4.69) is 26.9 Å². The first kappa shape index (κ1) is 24.0. The topological polar surface area (TPSA) is 115 Å². The molecule has 0 aliphatic heterocycles. The second kappa shape index (κ2) is 10.8. The summed E-state index contributed by atoms with van der Waals surface area (Å²) in [7, 11) is 0. The van der Waals surface area contributed by atoms with Crippen molar-refractivity contribution < 1.29 is 9.72 Å². The maximum absolute atomic E-state index is 12.8. The van der Waals surface area contributed by atoms with Gasteiger partial charge in [-0.15, -0.1) is 10.2 Å². The first-order valence-electron chi connectivity index (χ1n) is 10.9. The molecule has 0 radical (unpaired) electrons. The van der Waals surface area contributed by atoms with Crippen molar-refractivity contribution in [1.29, 1.82) is 0 Å². The molecule has 0 fully saturated rings. The van der Waals surface area contributed by atoms with Crippen LogP contribution in [0.5, 0.6) is 0 Å². The molecule has 10 heteroatoms. The van der Waals surface area contributed by atoms with E-state index in [9.17, 15) is 14.9 Å². The molecule has 1 heterocycles. The number of aryl methyl sites for hydroxylation is 1. The smallest absolute Gasteiger partial charge is 0.269 e. The van der Waals surface area contributed by atoms with Crippen LogP contribution >= 0.6 is 11.8 Å². The van der Waals surface area contributed by atoms with Crippen molar-refractivity contribution in [2.45, 2.75) is 30.8 Å². The number of nitro groups is 1. The van der Waals surface area contributed by atoms with Gasteiger partial charge in [-0.05, 0) is 55.8 Å². The predicted molar refractivity (Wildman–Crippen MR) is 137 cm³/mol. The Hall–Kier alpha value is -4.18. The third-order valence-electron chi connectivity index (χ3n) is 5.18. The number of rotatable bonds is 9. The molecule has 0 aliphatic carbocycles. The van der Waals surface area contributed by atoms with E-state index in [4.69, 9.17) is 0 Å². The lowest BCUT2D eigenvalue weighted by molar-refractivity contribution is -0.384. The highest BCUT2D eigenvalue weighted by molar-refractivity contribution is 8.00. The number of non-ortho nitro benzene ring substituents is 1. The van der Waals surface area contributed by atoms with Crippen molar-refractivity contribution in [2.75, 3.05) is 10.6 Å². The molecule has 2 N–H and O–H groups in total. The SMILES string of the molecule is Cc1cccc(NCc2nnc(S[C@H](C)C(=O)Nc3ccc([N+](=O)[O-])cc3)n2-c2ccccc2)c1. The molecule has 4 aromatic rings. The van der Waals surface area contributed by atoms with Crippen LogP contribution in [0.2, 0.25) is 0 Å². The molecule has 9 nitrogen and oxygen atoms in total. The quantitative estimate of drug-likeness (QED) is 0.189. The van der Waals surface area contributed by atoms with Crippen molar-refractivity contribution in [3.63, 3.8) is 0 Å². The molecule has 0 unspecified atom stereocenters. The number of aromatic nitrogens is 3. The molecule has 0 saturated carbocycles. The van der Waals surface area contributed by atoms with Gasteiger partial charge >= 0.3 is 0 Å². The Morgan fingerprint density at radius 2 is 1.77 bits per heavy atom. The monoisotopic (exact) mass is 488 g/mol. The molecule has 1 atom stereocenters. The van der Waals surface area contributed by atoms with Crippen LogP contribution in [0.3, 0.4) is 0 Å². The number of thioether (sulfide) groups is 1. The van der Waals surface area contributed by atoms with Gasteiger partial charge in [0.2, 0.25) is 5.91 Å². The van der Waals surface area contributed by atoms with E-state index < -0.39 is 10.2 Å². The minimum atomic E-state index is -0.491. The average Bonchev–Trinajstić information content (AvgIpc) is 3.26. The zero-order chi connectivity index (χ0) is 24.8. The fraction of sp³-hybridized carbons (Fsp3) is 0.160. The predicted octanol–water partition coefficient (Wildman–Crippen LogP) is 5.22. The van der Waals surface area contributed by atoms with E-state index >= 15 is 0 Å². The number of nitrogens with one attached hydrogen (secondary N) is 2. The van der Waals surface area contributed by atoms with Crippen molar-refractivity contribution in [1.82, 2.24) is 14.8 Å². The van der Waals surface area contributed by atoms with E-state index in [-0.39, 0.29) is 11.6 Å². The Morgan fingerprint density at radius 1 is 1.03 bits per heavy atom. The Balaban J connectivity index is 1.51. The normalized spacial score (nSPS) is 11.6. The lowest BCUT2D eigenvalue weighted by atomic mass is 10.2. The summed E-state index contributed by atoms with van der Waals surface area (Å²) in [6.07, 6.45) is 0. The average molecular weight is 489 g/mol. The summed E-state index contributed by atoms with van der Waals surface area (Å²) >= 11 is 1.29. The number of anilines is 2. The standard InChI is InChI=1S/C25H24N6O3S/c1-17-7-6-8-20(15-17)26-16-23-28-29-25(30(23)21-9-4-3-5-10-21)35-18(2)24(32)27-19-11-13-22(14-12-19)31(33)34/h3-15,18,26H,16H2,1-2H3,(H,27,32)/t18-/m1/s1. The number of carbonyl (C=O) groups excluding carboxylic acids is 1. The highest BCUT2D eigenvalue weighted by Crippen LogP contribution is 2.27. The molecular formula is C25H24N6O3S. The molecule has 0 spiro atoms. The van der Waals surface area contributed by atoms with Gasteiger partial charge in [-0.2, -0.15) is 0 Å². The Kier molecular flexibility index (Phi) is 7.41. The summed E-state index contributed by atoms with van der Waals surface area (Å²) < 4.78 is 1.93. The van der Waals surface area contributed by atoms with Crippen LogP contribution in [0, 0.1) is 17.0 Å². The summed E-state index contributed by atoms with van der Waals surface area (Å²) in [5.74, 6) is 0.467. The molecule has 35 heavy (non-hydrogen) atoms. The van der Waals surface area contributed by atoms with Crippen LogP contribution in [-0.2, 0) is 11.3 Å². The van der Waals surface area contributed by atoms with Gasteiger partial charge in [-0.3, -0.25) is 19.5 Å². The molecule has 0 saturated heterocycles. The van der Waals surface area contributed by atoms with Crippen LogP contribution in [0.25, 0.3) is 5.69 Å². The fourth-order valence-corrected chi connectivity index (χ4v) is 4.27. The van der Waals surface area contributed by atoms with Gasteiger partial charge in [-0.25, -0.2) is 0 Å². The highest BCUT2D eigenvalue weighted by atomic mass is 32.2. The summed E-state index contributed by atoms with van der Waals surface area (Å²) in [5, 5.41) is 25.9. The van der Waals surface area contributed by atoms with Gasteiger partial charge in [-0.1, -0.05) is 42.1 Å². The third-order valence-corrected chi connectivity index (χ3v) is 6.22. The van der Waals surface area contributed by atoms with Crippen LogP contribution in [-0.4, -0.2) is 30.8 Å². The molecule has 0 aliphatic rings. The van der Waals surface area contributed by atoms with E-state index in [1.165, 1.54) is 36.0 Å². The molecule has 3 aromatic carbocycles. The van der Waals surface area contributed by atoms with Gasteiger partial charge in [0.15, 0.2) is 11.0 Å². The maximum atomic E-state index is 12.8. The first-order valence-corrected chi connectivity index (χ1v) is 11.8. The lowest BCUT2D eigenvalue weighted by Gasteiger charge is -2.14. The fourth-order valence-electron chi connectivity index (χ4n) is 3.39. The number of hydrogen-bond acceptors (Lipinski definition) is 7. The van der Waals surface area contributed by atoms with Crippen LogP contribution in [0.15, 0.2) is 84.0 Å². The minimum absolute atomic E-state index is 0.0341. The number of nitro benzene ring substituents is 1. The van der Waals surface area contributed by atoms with Crippen LogP contribution < -0.4 is 10.6 Å². The second-order valence-corrected chi connectivity index (χ2v) is 9.15. The van der Waals surface area contributed by atoms with Crippen molar-refractivity contribution in [3.05, 3.63) is 100 Å². The summed E-state index contributed by atoms with van der Waals surface area (Å²) in [4.78, 5) is 23.2. The van der Waals surface area contributed by atoms with Gasteiger partial charge in [0.25, 0.3) is 5.69 Å². The van der Waals surface area contributed by atoms with E-state index in [0.29, 0.717) is 23.2 Å². The van der Waals surface area contributed by atoms with Crippen molar-refractivity contribution in [2.24, 2.45) is 0 Å². The first-order chi connectivity index (χ1) is 16.9. The molecule has 178 valence electrons. The van der Waals surface area contributed by atoms with E-state index in [1.807, 2.05) is 60.0 Å². The van der Waals surface area contributed by atoms with Gasteiger partial charge in [0.1, 0.15) is 0 Å². The van der Waals surface area contributed by atoms with E-state index in [1.54, 1.807) is 6.92 Å². The summed E-state index contributed by atoms with van der Waals surface area (Å²) in [6, 6.07) is 23.5. The summed E-state index contributed by atoms with van der Waals surface area (Å²) in [6.45, 7) is 4.27. The molecule has 0 bridgehead atoms. The number of amides is 1. The van der Waals surface area contributed by atoms with Crippen molar-refractivity contribution >= 4 is 34.7 Å². The number of hydrogen-bond donors (Lipinski definition) is 2. The third kappa shape index (κ3) is 6.04. The van der Waals surface area contributed by atoms with Gasteiger partial charge in [0, 0.05) is 29.2 Å². The zero-order valence-electron chi connectivity index (χ0n) is 19.2. The van der Waals surface area contributed by atoms with Gasteiger partial charge < -0.3 is 10.6 Å². The Labute approximate surface area is 206 Å². The molecular weight excluding hydrogens is 464 g/mol. The maximum Gasteiger partial charge on any atom is 0.269 e. The van der Waals surface area contributed by atoms with Gasteiger partial charge in [0.05, 0.1) is 16.7 Å².